The minimum atomic E-state index is -0.00184. The number of imidazole rings is 1. The first-order valence-corrected chi connectivity index (χ1v) is 14.3. The van der Waals surface area contributed by atoms with E-state index in [4.69, 9.17) is 9.72 Å². The van der Waals surface area contributed by atoms with Gasteiger partial charge in [-0.05, 0) is 57.7 Å². The van der Waals surface area contributed by atoms with Gasteiger partial charge >= 0.3 is 0 Å². The van der Waals surface area contributed by atoms with E-state index >= 15 is 0 Å². The van der Waals surface area contributed by atoms with Gasteiger partial charge in [0, 0.05) is 56.7 Å². The first kappa shape index (κ1) is 28.0. The number of aromatic nitrogens is 5. The van der Waals surface area contributed by atoms with E-state index in [1.807, 2.05) is 76.1 Å². The van der Waals surface area contributed by atoms with Crippen LogP contribution in [0.2, 0.25) is 0 Å². The van der Waals surface area contributed by atoms with Crippen LogP contribution in [0.3, 0.4) is 0 Å². The van der Waals surface area contributed by atoms with E-state index in [1.54, 1.807) is 0 Å². The minimum absolute atomic E-state index is 0. The molecule has 0 aliphatic heterocycles. The van der Waals surface area contributed by atoms with Gasteiger partial charge in [0.15, 0.2) is 0 Å². The normalized spacial score (nSPS) is 11.8. The summed E-state index contributed by atoms with van der Waals surface area (Å²) < 4.78 is 12.5. The van der Waals surface area contributed by atoms with Crippen LogP contribution in [-0.4, -0.2) is 19.1 Å². The van der Waals surface area contributed by atoms with Crippen LogP contribution in [0.25, 0.3) is 49.9 Å². The van der Waals surface area contributed by atoms with E-state index in [0.717, 1.165) is 49.9 Å². The molecule has 0 aliphatic rings. The molecule has 218 valence electrons. The molecule has 8 rings (SSSR count). The van der Waals surface area contributed by atoms with Crippen LogP contribution >= 0.6 is 0 Å². The second-order valence-electron chi connectivity index (χ2n) is 11.7. The van der Waals surface area contributed by atoms with E-state index in [9.17, 15) is 0 Å². The van der Waals surface area contributed by atoms with E-state index in [2.05, 4.69) is 91.2 Å². The third-order valence-corrected chi connectivity index (χ3v) is 7.82. The average molecular weight is 753 g/mol. The third-order valence-electron chi connectivity index (χ3n) is 7.82. The van der Waals surface area contributed by atoms with Crippen molar-refractivity contribution in [3.63, 3.8) is 0 Å². The monoisotopic (exact) mass is 752 g/mol. The Morgan fingerprint density at radius 2 is 1.57 bits per heavy atom. The van der Waals surface area contributed by atoms with Gasteiger partial charge < -0.3 is 18.7 Å². The molecule has 8 aromatic rings. The molecule has 4 aromatic heterocycles. The zero-order valence-corrected chi connectivity index (χ0v) is 26.6. The van der Waals surface area contributed by atoms with E-state index in [0.29, 0.717) is 11.5 Å². The Balaban J connectivity index is 0.00000312. The van der Waals surface area contributed by atoms with Crippen molar-refractivity contribution in [1.29, 1.82) is 0 Å². The van der Waals surface area contributed by atoms with Crippen LogP contribution in [0.5, 0.6) is 11.5 Å². The predicted molar refractivity (Wildman–Crippen MR) is 168 cm³/mol. The molecule has 0 unspecified atom stereocenters. The van der Waals surface area contributed by atoms with Crippen LogP contribution in [0, 0.1) is 18.5 Å². The van der Waals surface area contributed by atoms with E-state index < -0.39 is 0 Å². The Morgan fingerprint density at radius 3 is 2.41 bits per heavy atom. The van der Waals surface area contributed by atoms with Crippen molar-refractivity contribution in [2.45, 2.75) is 26.2 Å². The number of pyridine rings is 1. The fourth-order valence-electron chi connectivity index (χ4n) is 5.60. The molecular formula is C37H27N5OPt-2. The number of rotatable bonds is 4. The van der Waals surface area contributed by atoms with Crippen LogP contribution in [0.15, 0.2) is 110 Å². The quantitative estimate of drug-likeness (QED) is 0.137. The van der Waals surface area contributed by atoms with Gasteiger partial charge in [-0.15, -0.1) is 35.7 Å². The first-order chi connectivity index (χ1) is 20.9. The van der Waals surface area contributed by atoms with Crippen LogP contribution in [0.4, 0.5) is 0 Å². The summed E-state index contributed by atoms with van der Waals surface area (Å²) in [6.07, 6.45) is 9.15. The molecule has 6 nitrogen and oxygen atoms in total. The van der Waals surface area contributed by atoms with Crippen molar-refractivity contribution < 1.29 is 30.2 Å². The molecular weight excluding hydrogens is 726 g/mol. The topological polar surface area (TPSA) is 49.0 Å². The zero-order valence-electron chi connectivity index (χ0n) is 24.4. The van der Waals surface area contributed by atoms with Crippen LogP contribution in [-0.2, 0) is 26.5 Å². The molecule has 4 aromatic carbocycles. The molecule has 0 N–H and O–H groups in total. The van der Waals surface area contributed by atoms with E-state index in [-0.39, 0.29) is 26.5 Å². The van der Waals surface area contributed by atoms with Gasteiger partial charge in [-0.2, -0.15) is 6.07 Å². The molecule has 0 aliphatic carbocycles. The second-order valence-corrected chi connectivity index (χ2v) is 11.7. The van der Waals surface area contributed by atoms with Gasteiger partial charge in [0.05, 0.1) is 11.2 Å². The Morgan fingerprint density at radius 1 is 0.795 bits per heavy atom. The number of fused-ring (bicyclic) bond motifs is 6. The van der Waals surface area contributed by atoms with Crippen molar-refractivity contribution >= 4 is 38.4 Å². The Bertz CT molecular complexity index is 2320. The number of hydrogen-bond acceptors (Lipinski definition) is 3. The summed E-state index contributed by atoms with van der Waals surface area (Å²) in [7, 11) is 0. The molecule has 0 saturated heterocycles. The molecule has 0 radical (unpaired) electrons. The number of para-hydroxylation sites is 2. The van der Waals surface area contributed by atoms with Crippen LogP contribution < -0.4 is 9.14 Å². The van der Waals surface area contributed by atoms with Crippen molar-refractivity contribution in [2.24, 2.45) is 0 Å². The summed E-state index contributed by atoms with van der Waals surface area (Å²) in [4.78, 5) is 9.42. The number of nitrogens with zero attached hydrogens (tertiary/aromatic N) is 5. The molecule has 0 amide bonds. The summed E-state index contributed by atoms with van der Waals surface area (Å²) in [6, 6.07) is 37.6. The van der Waals surface area contributed by atoms with Gasteiger partial charge in [-0.25, -0.2) is 4.98 Å². The Hall–Kier alpha value is -4.80. The van der Waals surface area contributed by atoms with Gasteiger partial charge in [0.25, 0.3) is 6.33 Å². The maximum Gasteiger partial charge on any atom is 0.267 e. The number of benzene rings is 4. The predicted octanol–water partition coefficient (Wildman–Crippen LogP) is 7.74. The first-order valence-electron chi connectivity index (χ1n) is 14.3. The molecule has 0 saturated carbocycles. The molecule has 0 spiro atoms. The van der Waals surface area contributed by atoms with E-state index in [1.165, 1.54) is 5.56 Å². The number of ether oxygens (including phenoxy) is 1. The molecule has 0 atom stereocenters. The van der Waals surface area contributed by atoms with Crippen molar-refractivity contribution in [3.05, 3.63) is 134 Å². The third kappa shape index (κ3) is 4.76. The molecule has 0 bridgehead atoms. The Labute approximate surface area is 269 Å². The molecule has 4 heterocycles. The molecule has 0 fully saturated rings. The number of hydrogen-bond donors (Lipinski definition) is 0. The largest absolute Gasteiger partial charge is 0.510 e. The average Bonchev–Trinajstić information content (AvgIpc) is 3.61. The van der Waals surface area contributed by atoms with Crippen molar-refractivity contribution in [3.8, 4) is 23.0 Å². The second kappa shape index (κ2) is 10.7. The maximum absolute atomic E-state index is 6.39. The fourth-order valence-corrected chi connectivity index (χ4v) is 5.60. The van der Waals surface area contributed by atoms with Crippen LogP contribution in [0.1, 0.15) is 26.3 Å². The van der Waals surface area contributed by atoms with Gasteiger partial charge in [-0.1, -0.05) is 62.7 Å². The standard InChI is InChI=1S/C37H27N5O.Pt/c1-37(2,3)25-17-18-38-36(19-25)42-33-12-8-7-11-30(33)31-15-13-28(20-34(31)42)43-29-14-16-32-35(21-29)41-24-40(23-27(41)22-39-32)26-9-5-4-6-10-26;/h4-19,22-23H,1-3H3;/q-2;. The van der Waals surface area contributed by atoms with Gasteiger partial charge in [0.1, 0.15) is 5.82 Å². The Kier molecular flexibility index (Phi) is 6.82. The SMILES string of the molecule is CC(C)(C)c1ccnc(-n2c3[c-]c(Oc4[c-]c5c(cc4)ncc4cn(-c6ccccc6)[c-][n+]45)ccc3c3ccccc32)c1.[Pt]. The molecule has 44 heavy (non-hydrogen) atoms. The summed E-state index contributed by atoms with van der Waals surface area (Å²) in [5, 5.41) is 2.23. The summed E-state index contributed by atoms with van der Waals surface area (Å²) in [5.74, 6) is 2.02. The van der Waals surface area contributed by atoms with Crippen molar-refractivity contribution in [1.82, 2.24) is 19.1 Å². The smallest absolute Gasteiger partial charge is 0.267 e. The summed E-state index contributed by atoms with van der Waals surface area (Å²) in [5.41, 5.74) is 6.71. The van der Waals surface area contributed by atoms with Gasteiger partial charge in [0.2, 0.25) is 0 Å². The van der Waals surface area contributed by atoms with Gasteiger partial charge in [-0.3, -0.25) is 4.57 Å². The summed E-state index contributed by atoms with van der Waals surface area (Å²) in [6.45, 7) is 6.64. The summed E-state index contributed by atoms with van der Waals surface area (Å²) >= 11 is 0. The molecule has 7 heteroatoms. The zero-order chi connectivity index (χ0) is 29.1. The van der Waals surface area contributed by atoms with Crippen molar-refractivity contribution in [2.75, 3.05) is 0 Å². The maximum atomic E-state index is 6.39. The fraction of sp³-hybridized carbons (Fsp3) is 0.108. The minimum Gasteiger partial charge on any atom is -0.510 e.